The monoisotopic (exact) mass is 419 g/mol. The maximum Gasteiger partial charge on any atom is 0.190 e. The summed E-state index contributed by atoms with van der Waals surface area (Å²) in [6, 6.07) is 23.3. The van der Waals surface area contributed by atoms with E-state index in [1.807, 2.05) is 42.3 Å². The van der Waals surface area contributed by atoms with Gasteiger partial charge in [0.2, 0.25) is 0 Å². The molecule has 0 aliphatic heterocycles. The molecular weight excluding hydrogens is 397 g/mol. The van der Waals surface area contributed by atoms with Gasteiger partial charge in [-0.1, -0.05) is 78.8 Å². The smallest absolute Gasteiger partial charge is 0.190 e. The van der Waals surface area contributed by atoms with Crippen molar-refractivity contribution < 1.29 is 9.18 Å². The van der Waals surface area contributed by atoms with Crippen molar-refractivity contribution in [3.8, 4) is 0 Å². The first-order valence-corrected chi connectivity index (χ1v) is 9.99. The van der Waals surface area contributed by atoms with E-state index in [1.54, 1.807) is 48.5 Å². The maximum absolute atomic E-state index is 14.5. The third kappa shape index (κ3) is 5.76. The lowest BCUT2D eigenvalue weighted by Gasteiger charge is -2.19. The number of benzene rings is 3. The van der Waals surface area contributed by atoms with Crippen LogP contribution in [0.1, 0.15) is 16.7 Å². The molecule has 3 rings (SSSR count). The van der Waals surface area contributed by atoms with E-state index in [1.165, 1.54) is 6.07 Å². The summed E-state index contributed by atoms with van der Waals surface area (Å²) in [6.07, 6.45) is 1.68. The van der Waals surface area contributed by atoms with Gasteiger partial charge in [0.1, 0.15) is 5.82 Å². The fourth-order valence-corrected chi connectivity index (χ4v) is 3.34. The summed E-state index contributed by atoms with van der Waals surface area (Å²) in [7, 11) is 1.93. The first-order chi connectivity index (χ1) is 14.4. The number of likely N-dealkylation sites (N-methyl/N-ethyl adjacent to an activating group) is 1. The zero-order valence-electron chi connectivity index (χ0n) is 16.8. The number of hydrogen-bond acceptors (Lipinski definition) is 2. The van der Waals surface area contributed by atoms with Crippen LogP contribution in [0.15, 0.2) is 91.0 Å². The van der Waals surface area contributed by atoms with Gasteiger partial charge in [0.25, 0.3) is 0 Å². The Bertz CT molecular complexity index is 1060. The molecule has 152 valence electrons. The number of halogens is 2. The molecule has 3 aromatic carbocycles. The highest BCUT2D eigenvalue weighted by molar-refractivity contribution is 6.32. The molecule has 0 atom stereocenters. The number of Topliss-reactive ketones (excluding diaryl/α,β-unsaturated/α-hetero) is 1. The lowest BCUT2D eigenvalue weighted by Crippen LogP contribution is -2.24. The minimum atomic E-state index is -0.448. The zero-order valence-corrected chi connectivity index (χ0v) is 17.6. The Labute approximate surface area is 181 Å². The third-order valence-corrected chi connectivity index (χ3v) is 4.92. The Hall–Kier alpha value is -3.01. The standard InChI is InChI=1S/C26H23ClFNO/c1-19(17-29(2)18-21-8-4-3-5-9-21)26(30)24(23-10-6-7-11-25(23)28)16-20-12-14-22(27)15-13-20/h3-16H,1,17-18H2,2H3/b24-16-. The predicted molar refractivity (Wildman–Crippen MR) is 123 cm³/mol. The van der Waals surface area contributed by atoms with E-state index in [-0.39, 0.29) is 16.9 Å². The number of carbonyl (C=O) groups is 1. The molecule has 0 aliphatic rings. The second-order valence-corrected chi connectivity index (χ2v) is 7.62. The molecule has 0 saturated carbocycles. The van der Waals surface area contributed by atoms with Gasteiger partial charge in [-0.2, -0.15) is 0 Å². The second kappa shape index (κ2) is 10.1. The van der Waals surface area contributed by atoms with Crippen LogP contribution < -0.4 is 0 Å². The fraction of sp³-hybridized carbons (Fsp3) is 0.115. The van der Waals surface area contributed by atoms with Gasteiger partial charge < -0.3 is 0 Å². The molecule has 0 aliphatic carbocycles. The summed E-state index contributed by atoms with van der Waals surface area (Å²) in [5.41, 5.74) is 2.83. The van der Waals surface area contributed by atoms with Crippen molar-refractivity contribution in [1.29, 1.82) is 0 Å². The lowest BCUT2D eigenvalue weighted by atomic mass is 9.94. The van der Waals surface area contributed by atoms with Crippen molar-refractivity contribution in [3.05, 3.63) is 119 Å². The van der Waals surface area contributed by atoms with Crippen molar-refractivity contribution in [2.45, 2.75) is 6.54 Å². The topological polar surface area (TPSA) is 20.3 Å². The maximum atomic E-state index is 14.5. The van der Waals surface area contributed by atoms with Crippen LogP contribution in [0.4, 0.5) is 4.39 Å². The van der Waals surface area contributed by atoms with E-state index in [4.69, 9.17) is 11.6 Å². The van der Waals surface area contributed by atoms with E-state index in [0.717, 1.165) is 11.1 Å². The number of allylic oxidation sites excluding steroid dienone is 1. The van der Waals surface area contributed by atoms with Crippen LogP contribution in [-0.4, -0.2) is 24.3 Å². The lowest BCUT2D eigenvalue weighted by molar-refractivity contribution is -0.110. The van der Waals surface area contributed by atoms with Crippen molar-refractivity contribution in [3.63, 3.8) is 0 Å². The van der Waals surface area contributed by atoms with Crippen LogP contribution in [-0.2, 0) is 11.3 Å². The number of carbonyl (C=O) groups excluding carboxylic acids is 1. The first kappa shape index (κ1) is 21.7. The highest BCUT2D eigenvalue weighted by Gasteiger charge is 2.19. The number of nitrogens with zero attached hydrogens (tertiary/aromatic N) is 1. The highest BCUT2D eigenvalue weighted by atomic mass is 35.5. The predicted octanol–water partition coefficient (Wildman–Crippen LogP) is 6.28. The summed E-state index contributed by atoms with van der Waals surface area (Å²) in [5.74, 6) is -0.730. The number of ketones is 1. The summed E-state index contributed by atoms with van der Waals surface area (Å²) >= 11 is 5.96. The molecule has 0 spiro atoms. The molecule has 0 amide bonds. The van der Waals surface area contributed by atoms with Crippen LogP contribution >= 0.6 is 11.6 Å². The molecule has 0 radical (unpaired) electrons. The van der Waals surface area contributed by atoms with Gasteiger partial charge in [0, 0.05) is 34.8 Å². The van der Waals surface area contributed by atoms with Gasteiger partial charge in [-0.25, -0.2) is 4.39 Å². The molecule has 0 bridgehead atoms. The van der Waals surface area contributed by atoms with E-state index in [9.17, 15) is 9.18 Å². The van der Waals surface area contributed by atoms with Crippen molar-refractivity contribution in [2.75, 3.05) is 13.6 Å². The Morgan fingerprint density at radius 1 is 1.00 bits per heavy atom. The normalized spacial score (nSPS) is 11.5. The van der Waals surface area contributed by atoms with Gasteiger partial charge in [-0.15, -0.1) is 0 Å². The molecule has 4 heteroatoms. The fourth-order valence-electron chi connectivity index (χ4n) is 3.21. The molecule has 3 aromatic rings. The minimum Gasteiger partial charge on any atom is -0.298 e. The molecule has 0 unspecified atom stereocenters. The van der Waals surface area contributed by atoms with Gasteiger partial charge in [0.15, 0.2) is 5.78 Å². The molecule has 0 heterocycles. The molecule has 0 N–H and O–H groups in total. The molecule has 0 aromatic heterocycles. The summed E-state index contributed by atoms with van der Waals surface area (Å²) in [6.45, 7) is 5.05. The SMILES string of the molecule is C=C(CN(C)Cc1ccccc1)C(=O)/C(=C\c1ccc(Cl)cc1)c1ccccc1F. The van der Waals surface area contributed by atoms with Crippen molar-refractivity contribution in [2.24, 2.45) is 0 Å². The van der Waals surface area contributed by atoms with Gasteiger partial charge in [-0.3, -0.25) is 9.69 Å². The summed E-state index contributed by atoms with van der Waals surface area (Å²) in [5, 5.41) is 0.595. The largest absolute Gasteiger partial charge is 0.298 e. The number of rotatable bonds is 8. The van der Waals surface area contributed by atoms with E-state index >= 15 is 0 Å². The highest BCUT2D eigenvalue weighted by Crippen LogP contribution is 2.25. The van der Waals surface area contributed by atoms with Gasteiger partial charge in [-0.05, 0) is 42.4 Å². The molecular formula is C26H23ClFNO. The van der Waals surface area contributed by atoms with Crippen molar-refractivity contribution in [1.82, 2.24) is 4.90 Å². The molecule has 0 saturated heterocycles. The van der Waals surface area contributed by atoms with E-state index in [0.29, 0.717) is 23.7 Å². The van der Waals surface area contributed by atoms with E-state index < -0.39 is 5.82 Å². The minimum absolute atomic E-state index is 0.254. The summed E-state index contributed by atoms with van der Waals surface area (Å²) < 4.78 is 14.5. The van der Waals surface area contributed by atoms with Crippen LogP contribution in [0.5, 0.6) is 0 Å². The van der Waals surface area contributed by atoms with Crippen LogP contribution in [0.2, 0.25) is 5.02 Å². The van der Waals surface area contributed by atoms with Gasteiger partial charge in [0.05, 0.1) is 0 Å². The Morgan fingerprint density at radius 2 is 1.63 bits per heavy atom. The molecule has 30 heavy (non-hydrogen) atoms. The first-order valence-electron chi connectivity index (χ1n) is 9.61. The molecule has 2 nitrogen and oxygen atoms in total. The number of hydrogen-bond donors (Lipinski definition) is 0. The third-order valence-electron chi connectivity index (χ3n) is 4.67. The van der Waals surface area contributed by atoms with Gasteiger partial charge >= 0.3 is 0 Å². The Morgan fingerprint density at radius 3 is 2.30 bits per heavy atom. The molecule has 0 fully saturated rings. The van der Waals surface area contributed by atoms with Crippen molar-refractivity contribution >= 4 is 29.0 Å². The quantitative estimate of drug-likeness (QED) is 0.316. The van der Waals surface area contributed by atoms with Crippen LogP contribution in [0, 0.1) is 5.82 Å². The van der Waals surface area contributed by atoms with E-state index in [2.05, 4.69) is 6.58 Å². The Balaban J connectivity index is 1.85. The van der Waals surface area contributed by atoms with Crippen LogP contribution in [0.25, 0.3) is 11.6 Å². The van der Waals surface area contributed by atoms with Crippen LogP contribution in [0.3, 0.4) is 0 Å². The summed E-state index contributed by atoms with van der Waals surface area (Å²) in [4.78, 5) is 15.3. The second-order valence-electron chi connectivity index (χ2n) is 7.18. The zero-order chi connectivity index (χ0) is 21.5. The Kier molecular flexibility index (Phi) is 7.34. The average Bonchev–Trinajstić information content (AvgIpc) is 2.74. The average molecular weight is 420 g/mol.